The Hall–Kier alpha value is -2.07. The summed E-state index contributed by atoms with van der Waals surface area (Å²) in [6.45, 7) is 1.68. The number of para-hydroxylation sites is 1. The summed E-state index contributed by atoms with van der Waals surface area (Å²) in [5.74, 6) is 2.39. The normalized spacial score (nSPS) is 19.4. The Morgan fingerprint density at radius 2 is 1.87 bits per heavy atom. The van der Waals surface area contributed by atoms with Gasteiger partial charge in [0.2, 0.25) is 0 Å². The van der Waals surface area contributed by atoms with Crippen molar-refractivity contribution in [3.05, 3.63) is 59.4 Å². The number of halogens is 1. The fraction of sp³-hybridized carbons (Fsp3) is 0.368. The first-order valence-electron chi connectivity index (χ1n) is 7.89. The highest BCUT2D eigenvalue weighted by Gasteiger charge is 2.39. The highest BCUT2D eigenvalue weighted by molar-refractivity contribution is 5.40. The smallest absolute Gasteiger partial charge is 0.123 e. The van der Waals surface area contributed by atoms with Gasteiger partial charge >= 0.3 is 0 Å². The van der Waals surface area contributed by atoms with Gasteiger partial charge in [0, 0.05) is 17.7 Å². The number of hydrogen-bond donors (Lipinski definition) is 1. The van der Waals surface area contributed by atoms with Crippen LogP contribution in [0.5, 0.6) is 11.5 Å². The SMILES string of the molecule is COc1ccccc1CNC[C@@H]1C[C@H]1c1cc(F)ccc1OC. The van der Waals surface area contributed by atoms with Crippen LogP contribution < -0.4 is 14.8 Å². The lowest BCUT2D eigenvalue weighted by Crippen LogP contribution is -2.17. The first-order valence-corrected chi connectivity index (χ1v) is 7.89. The highest BCUT2D eigenvalue weighted by atomic mass is 19.1. The van der Waals surface area contributed by atoms with Gasteiger partial charge in [-0.3, -0.25) is 0 Å². The Morgan fingerprint density at radius 1 is 1.09 bits per heavy atom. The maximum atomic E-state index is 13.5. The summed E-state index contributed by atoms with van der Waals surface area (Å²) in [5, 5.41) is 3.48. The van der Waals surface area contributed by atoms with Crippen LogP contribution in [0.1, 0.15) is 23.5 Å². The molecule has 23 heavy (non-hydrogen) atoms. The molecule has 2 atom stereocenters. The topological polar surface area (TPSA) is 30.5 Å². The van der Waals surface area contributed by atoms with E-state index in [0.717, 1.165) is 42.1 Å². The minimum Gasteiger partial charge on any atom is -0.496 e. The fourth-order valence-corrected chi connectivity index (χ4v) is 3.09. The molecular weight excluding hydrogens is 293 g/mol. The van der Waals surface area contributed by atoms with Gasteiger partial charge in [-0.25, -0.2) is 4.39 Å². The molecular formula is C19H22FNO2. The van der Waals surface area contributed by atoms with Gasteiger partial charge in [-0.1, -0.05) is 18.2 Å². The monoisotopic (exact) mass is 315 g/mol. The molecule has 1 aliphatic rings. The van der Waals surface area contributed by atoms with Crippen molar-refractivity contribution in [3.63, 3.8) is 0 Å². The Morgan fingerprint density at radius 3 is 2.65 bits per heavy atom. The number of nitrogens with one attached hydrogen (secondary N) is 1. The van der Waals surface area contributed by atoms with E-state index in [9.17, 15) is 4.39 Å². The summed E-state index contributed by atoms with van der Waals surface area (Å²) >= 11 is 0. The molecule has 0 saturated heterocycles. The van der Waals surface area contributed by atoms with Crippen LogP contribution in [-0.2, 0) is 6.54 Å². The lowest BCUT2D eigenvalue weighted by atomic mass is 10.1. The summed E-state index contributed by atoms with van der Waals surface area (Å²) in [4.78, 5) is 0. The molecule has 1 aliphatic carbocycles. The average Bonchev–Trinajstić information content (AvgIpc) is 3.34. The first-order chi connectivity index (χ1) is 11.2. The highest BCUT2D eigenvalue weighted by Crippen LogP contribution is 2.50. The molecule has 0 spiro atoms. The second kappa shape index (κ2) is 7.01. The van der Waals surface area contributed by atoms with Crippen LogP contribution in [0.3, 0.4) is 0 Å². The minimum atomic E-state index is -0.201. The van der Waals surface area contributed by atoms with Gasteiger partial charge in [0.05, 0.1) is 14.2 Å². The van der Waals surface area contributed by atoms with Crippen LogP contribution in [0, 0.1) is 11.7 Å². The summed E-state index contributed by atoms with van der Waals surface area (Å²) in [7, 11) is 3.32. The van der Waals surface area contributed by atoms with E-state index in [-0.39, 0.29) is 5.82 Å². The average molecular weight is 315 g/mol. The van der Waals surface area contributed by atoms with Gasteiger partial charge in [0.15, 0.2) is 0 Å². The summed E-state index contributed by atoms with van der Waals surface area (Å²) in [5.41, 5.74) is 2.13. The van der Waals surface area contributed by atoms with E-state index in [4.69, 9.17) is 9.47 Å². The molecule has 0 radical (unpaired) electrons. The van der Waals surface area contributed by atoms with Crippen LogP contribution in [0.4, 0.5) is 4.39 Å². The van der Waals surface area contributed by atoms with Gasteiger partial charge in [-0.15, -0.1) is 0 Å². The van der Waals surface area contributed by atoms with Gasteiger partial charge < -0.3 is 14.8 Å². The van der Waals surface area contributed by atoms with Crippen molar-refractivity contribution in [1.29, 1.82) is 0 Å². The Balaban J connectivity index is 1.55. The van der Waals surface area contributed by atoms with Crippen molar-refractivity contribution >= 4 is 0 Å². The first kappa shape index (κ1) is 15.8. The number of methoxy groups -OCH3 is 2. The van der Waals surface area contributed by atoms with Crippen molar-refractivity contribution in [3.8, 4) is 11.5 Å². The third-order valence-electron chi connectivity index (χ3n) is 4.43. The van der Waals surface area contributed by atoms with E-state index in [0.29, 0.717) is 11.8 Å². The van der Waals surface area contributed by atoms with E-state index >= 15 is 0 Å². The zero-order valence-corrected chi connectivity index (χ0v) is 13.5. The van der Waals surface area contributed by atoms with Crippen LogP contribution in [0.25, 0.3) is 0 Å². The van der Waals surface area contributed by atoms with E-state index < -0.39 is 0 Å². The molecule has 2 aromatic carbocycles. The molecule has 122 valence electrons. The van der Waals surface area contributed by atoms with Gasteiger partial charge in [0.25, 0.3) is 0 Å². The van der Waals surface area contributed by atoms with Crippen molar-refractivity contribution in [1.82, 2.24) is 5.32 Å². The van der Waals surface area contributed by atoms with Crippen molar-refractivity contribution in [2.75, 3.05) is 20.8 Å². The molecule has 0 aliphatic heterocycles. The Kier molecular flexibility index (Phi) is 4.82. The lowest BCUT2D eigenvalue weighted by Gasteiger charge is -2.10. The summed E-state index contributed by atoms with van der Waals surface area (Å²) < 4.78 is 24.2. The quantitative estimate of drug-likeness (QED) is 0.844. The lowest BCUT2D eigenvalue weighted by molar-refractivity contribution is 0.406. The standard InChI is InChI=1S/C19H22FNO2/c1-22-18-6-4-3-5-13(18)11-21-12-14-9-16(14)17-10-15(20)7-8-19(17)23-2/h3-8,10,14,16,21H,9,11-12H2,1-2H3/t14-,16+/m0/s1. The van der Waals surface area contributed by atoms with Crippen LogP contribution in [0.15, 0.2) is 42.5 Å². The molecule has 1 fully saturated rings. The van der Waals surface area contributed by atoms with E-state index in [1.807, 2.05) is 18.2 Å². The van der Waals surface area contributed by atoms with E-state index in [2.05, 4.69) is 11.4 Å². The third kappa shape index (κ3) is 3.64. The Labute approximate surface area is 136 Å². The zero-order valence-electron chi connectivity index (χ0n) is 13.5. The predicted octanol–water partition coefficient (Wildman–Crippen LogP) is 3.74. The van der Waals surface area contributed by atoms with Crippen LogP contribution in [-0.4, -0.2) is 20.8 Å². The Bertz CT molecular complexity index is 674. The summed E-state index contributed by atoms with van der Waals surface area (Å²) in [6, 6.07) is 12.8. The third-order valence-corrected chi connectivity index (χ3v) is 4.43. The molecule has 0 unspecified atom stereocenters. The molecule has 0 amide bonds. The summed E-state index contributed by atoms with van der Waals surface area (Å²) in [6.07, 6.45) is 1.07. The minimum absolute atomic E-state index is 0.201. The van der Waals surface area contributed by atoms with Gasteiger partial charge in [0.1, 0.15) is 17.3 Å². The largest absolute Gasteiger partial charge is 0.496 e. The molecule has 0 aromatic heterocycles. The van der Waals surface area contributed by atoms with E-state index in [1.165, 1.54) is 6.07 Å². The number of benzene rings is 2. The molecule has 1 N–H and O–H groups in total. The maximum Gasteiger partial charge on any atom is 0.123 e. The van der Waals surface area contributed by atoms with Gasteiger partial charge in [-0.2, -0.15) is 0 Å². The van der Waals surface area contributed by atoms with Crippen LogP contribution >= 0.6 is 0 Å². The molecule has 3 rings (SSSR count). The molecule has 0 heterocycles. The van der Waals surface area contributed by atoms with Crippen molar-refractivity contribution in [2.24, 2.45) is 5.92 Å². The molecule has 2 aromatic rings. The van der Waals surface area contributed by atoms with Crippen LogP contribution in [0.2, 0.25) is 0 Å². The maximum absolute atomic E-state index is 13.5. The fourth-order valence-electron chi connectivity index (χ4n) is 3.09. The predicted molar refractivity (Wildman–Crippen MR) is 88.5 cm³/mol. The van der Waals surface area contributed by atoms with Crippen molar-refractivity contribution < 1.29 is 13.9 Å². The van der Waals surface area contributed by atoms with Crippen molar-refractivity contribution in [2.45, 2.75) is 18.9 Å². The van der Waals surface area contributed by atoms with Gasteiger partial charge in [-0.05, 0) is 49.1 Å². The second-order valence-corrected chi connectivity index (χ2v) is 5.93. The zero-order chi connectivity index (χ0) is 16.2. The number of rotatable bonds is 7. The molecule has 3 nitrogen and oxygen atoms in total. The molecule has 4 heteroatoms. The number of ether oxygens (including phenoxy) is 2. The molecule has 0 bridgehead atoms. The van der Waals surface area contributed by atoms with E-state index in [1.54, 1.807) is 26.4 Å². The molecule has 1 saturated carbocycles. The second-order valence-electron chi connectivity index (χ2n) is 5.93. The number of hydrogen-bond acceptors (Lipinski definition) is 3.